The molecule has 4 aliphatic rings. The van der Waals surface area contributed by atoms with Gasteiger partial charge in [0.2, 0.25) is 18.6 Å². The van der Waals surface area contributed by atoms with Gasteiger partial charge in [0, 0.05) is 32.2 Å². The van der Waals surface area contributed by atoms with Crippen molar-refractivity contribution < 1.29 is 19.1 Å². The van der Waals surface area contributed by atoms with Crippen LogP contribution >= 0.6 is 0 Å². The molecular formula is C25H27N4O4-. The number of piperidine rings is 1. The standard InChI is InChI=1S/C25H27N4O4/c1-15(30)28-8-4-5-16(12-28)13-29-20-7-3-2-6-17(20)25(24(29)31)11-23(26)27-19-10-22-21(9-18(19)25)32-14-33-22/h2-3,6-7,9-10,16,23H,4-5,8,11-14,26H2,1H3/q-1. The number of amides is 2. The maximum atomic E-state index is 14.3. The topological polar surface area (TPSA) is 99.2 Å². The summed E-state index contributed by atoms with van der Waals surface area (Å²) in [7, 11) is 0. The number of nitrogens with two attached hydrogens (primary N) is 1. The van der Waals surface area contributed by atoms with E-state index in [0.29, 0.717) is 36.7 Å². The zero-order valence-corrected chi connectivity index (χ0v) is 18.6. The van der Waals surface area contributed by atoms with E-state index in [9.17, 15) is 9.59 Å². The summed E-state index contributed by atoms with van der Waals surface area (Å²) in [4.78, 5) is 30.1. The molecule has 3 atom stereocenters. The van der Waals surface area contributed by atoms with Crippen LogP contribution in [0.4, 0.5) is 11.4 Å². The molecule has 4 aliphatic heterocycles. The van der Waals surface area contributed by atoms with E-state index < -0.39 is 11.6 Å². The normalized spacial score (nSPS) is 27.4. The van der Waals surface area contributed by atoms with E-state index >= 15 is 0 Å². The maximum Gasteiger partial charge on any atom is 0.242 e. The van der Waals surface area contributed by atoms with E-state index in [0.717, 1.165) is 36.2 Å². The second-order valence-corrected chi connectivity index (χ2v) is 9.43. The van der Waals surface area contributed by atoms with Crippen LogP contribution < -0.4 is 20.1 Å². The molecule has 172 valence electrons. The smallest absolute Gasteiger partial charge is 0.242 e. The molecule has 0 radical (unpaired) electrons. The van der Waals surface area contributed by atoms with Crippen LogP contribution in [0.2, 0.25) is 0 Å². The number of rotatable bonds is 2. The fourth-order valence-corrected chi connectivity index (χ4v) is 5.95. The Morgan fingerprint density at radius 1 is 1.21 bits per heavy atom. The largest absolute Gasteiger partial charge is 0.670 e. The number of carbonyl (C=O) groups excluding carboxylic acids is 2. The SMILES string of the molecule is CC(=O)N1CCCC(CN2C(=O)C3(CC(N)[N-]c4cc5c(cc43)OCO5)c3ccccc32)C1. The van der Waals surface area contributed by atoms with E-state index in [-0.39, 0.29) is 24.5 Å². The van der Waals surface area contributed by atoms with Gasteiger partial charge in [-0.15, -0.1) is 5.69 Å². The van der Waals surface area contributed by atoms with Crippen molar-refractivity contribution in [2.75, 3.05) is 31.3 Å². The van der Waals surface area contributed by atoms with E-state index in [1.807, 2.05) is 46.2 Å². The fraction of sp³-hybridized carbons (Fsp3) is 0.440. The number of hydrogen-bond donors (Lipinski definition) is 1. The summed E-state index contributed by atoms with van der Waals surface area (Å²) in [6, 6.07) is 11.7. The first kappa shape index (κ1) is 20.4. The Kier molecular flexibility index (Phi) is 4.55. The Labute approximate surface area is 192 Å². The number of hydrogen-bond acceptors (Lipinski definition) is 5. The summed E-state index contributed by atoms with van der Waals surface area (Å²) in [5, 5.41) is 4.65. The highest BCUT2D eigenvalue weighted by Crippen LogP contribution is 2.57. The third kappa shape index (κ3) is 3.00. The molecule has 2 aromatic rings. The van der Waals surface area contributed by atoms with E-state index in [1.165, 1.54) is 0 Å². The summed E-state index contributed by atoms with van der Waals surface area (Å²) < 4.78 is 11.2. The van der Waals surface area contributed by atoms with Gasteiger partial charge in [0.1, 0.15) is 5.41 Å². The summed E-state index contributed by atoms with van der Waals surface area (Å²) in [5.41, 5.74) is 8.86. The lowest BCUT2D eigenvalue weighted by Gasteiger charge is -2.47. The molecule has 3 unspecified atom stereocenters. The third-order valence-electron chi connectivity index (χ3n) is 7.44. The number of likely N-dealkylation sites (tertiary alicyclic amines) is 1. The van der Waals surface area contributed by atoms with Gasteiger partial charge in [-0.25, -0.2) is 0 Å². The fourth-order valence-electron chi connectivity index (χ4n) is 5.95. The van der Waals surface area contributed by atoms with Crippen LogP contribution in [0.25, 0.3) is 5.32 Å². The van der Waals surface area contributed by atoms with Gasteiger partial charge in [-0.1, -0.05) is 24.4 Å². The summed E-state index contributed by atoms with van der Waals surface area (Å²) >= 11 is 0. The number of benzene rings is 2. The van der Waals surface area contributed by atoms with Gasteiger partial charge in [0.25, 0.3) is 0 Å². The number of ether oxygens (including phenoxy) is 2. The van der Waals surface area contributed by atoms with Crippen molar-refractivity contribution in [2.45, 2.75) is 37.8 Å². The molecule has 4 heterocycles. The van der Waals surface area contributed by atoms with Gasteiger partial charge < -0.3 is 30.3 Å². The van der Waals surface area contributed by atoms with Crippen LogP contribution in [0, 0.1) is 5.92 Å². The highest BCUT2D eigenvalue weighted by atomic mass is 16.7. The lowest BCUT2D eigenvalue weighted by atomic mass is 9.69. The number of carbonyl (C=O) groups is 2. The molecule has 33 heavy (non-hydrogen) atoms. The predicted molar refractivity (Wildman–Crippen MR) is 123 cm³/mol. The monoisotopic (exact) mass is 447 g/mol. The van der Waals surface area contributed by atoms with Crippen molar-refractivity contribution in [3.8, 4) is 11.5 Å². The van der Waals surface area contributed by atoms with Gasteiger partial charge >= 0.3 is 0 Å². The molecule has 1 spiro atoms. The van der Waals surface area contributed by atoms with Crippen molar-refractivity contribution in [1.29, 1.82) is 0 Å². The number of anilines is 1. The first-order valence-electron chi connectivity index (χ1n) is 11.5. The summed E-state index contributed by atoms with van der Waals surface area (Å²) in [5.74, 6) is 1.60. The third-order valence-corrected chi connectivity index (χ3v) is 7.44. The molecule has 1 fully saturated rings. The van der Waals surface area contributed by atoms with Crippen molar-refractivity contribution >= 4 is 23.2 Å². The average molecular weight is 448 g/mol. The number of fused-ring (bicyclic) bond motifs is 5. The lowest BCUT2D eigenvalue weighted by Crippen LogP contribution is -2.49. The minimum Gasteiger partial charge on any atom is -0.670 e. The Bertz CT molecular complexity index is 1150. The van der Waals surface area contributed by atoms with E-state index in [1.54, 1.807) is 6.92 Å². The number of para-hydroxylation sites is 1. The van der Waals surface area contributed by atoms with Crippen LogP contribution in [0.15, 0.2) is 36.4 Å². The Balaban J connectivity index is 1.43. The summed E-state index contributed by atoms with van der Waals surface area (Å²) in [6.07, 6.45) is 1.84. The molecule has 8 heteroatoms. The van der Waals surface area contributed by atoms with Crippen molar-refractivity contribution in [3.05, 3.63) is 52.8 Å². The molecule has 0 aromatic heterocycles. The molecule has 0 saturated carbocycles. The second-order valence-electron chi connectivity index (χ2n) is 9.43. The molecule has 0 bridgehead atoms. The second kappa shape index (κ2) is 7.38. The Morgan fingerprint density at radius 2 is 2.00 bits per heavy atom. The Morgan fingerprint density at radius 3 is 2.82 bits per heavy atom. The minimum atomic E-state index is -0.914. The van der Waals surface area contributed by atoms with Crippen molar-refractivity contribution in [1.82, 2.24) is 4.90 Å². The average Bonchev–Trinajstić information content (AvgIpc) is 3.35. The molecule has 2 amide bonds. The molecule has 8 nitrogen and oxygen atoms in total. The first-order chi connectivity index (χ1) is 16.0. The van der Waals surface area contributed by atoms with Crippen LogP contribution in [-0.2, 0) is 15.0 Å². The highest BCUT2D eigenvalue weighted by Gasteiger charge is 2.54. The first-order valence-corrected chi connectivity index (χ1v) is 11.5. The summed E-state index contributed by atoms with van der Waals surface area (Å²) in [6.45, 7) is 3.81. The molecule has 0 aliphatic carbocycles. The maximum absolute atomic E-state index is 14.3. The van der Waals surface area contributed by atoms with Crippen molar-refractivity contribution in [3.63, 3.8) is 0 Å². The zero-order valence-electron chi connectivity index (χ0n) is 18.6. The minimum absolute atomic E-state index is 0.0223. The predicted octanol–water partition coefficient (Wildman–Crippen LogP) is 3.00. The van der Waals surface area contributed by atoms with E-state index in [4.69, 9.17) is 15.2 Å². The van der Waals surface area contributed by atoms with Crippen LogP contribution in [-0.4, -0.2) is 49.3 Å². The number of nitrogens with zero attached hydrogens (tertiary/aromatic N) is 3. The quantitative estimate of drug-likeness (QED) is 0.763. The van der Waals surface area contributed by atoms with Crippen LogP contribution in [0.3, 0.4) is 0 Å². The molecule has 6 rings (SSSR count). The molecular weight excluding hydrogens is 420 g/mol. The van der Waals surface area contributed by atoms with Crippen molar-refractivity contribution in [2.24, 2.45) is 11.7 Å². The molecule has 2 N–H and O–H groups in total. The zero-order chi connectivity index (χ0) is 22.7. The van der Waals surface area contributed by atoms with Gasteiger partial charge in [0.15, 0.2) is 11.5 Å². The molecule has 2 aromatic carbocycles. The molecule has 1 saturated heterocycles. The van der Waals surface area contributed by atoms with Gasteiger partial charge in [0.05, 0.1) is 0 Å². The lowest BCUT2D eigenvalue weighted by molar-refractivity contribution is -0.130. The van der Waals surface area contributed by atoms with Gasteiger partial charge in [-0.2, -0.15) is 0 Å². The van der Waals surface area contributed by atoms with Crippen LogP contribution in [0.1, 0.15) is 37.3 Å². The Hall–Kier alpha value is -3.26. The van der Waals surface area contributed by atoms with Gasteiger partial charge in [-0.3, -0.25) is 9.59 Å². The highest BCUT2D eigenvalue weighted by molar-refractivity contribution is 6.12. The van der Waals surface area contributed by atoms with Gasteiger partial charge in [-0.05, 0) is 54.5 Å². The van der Waals surface area contributed by atoms with Crippen LogP contribution in [0.5, 0.6) is 11.5 Å². The van der Waals surface area contributed by atoms with E-state index in [2.05, 4.69) is 5.32 Å².